The van der Waals surface area contributed by atoms with Crippen LogP contribution in [0.25, 0.3) is 6.08 Å². The van der Waals surface area contributed by atoms with Crippen molar-refractivity contribution < 1.29 is 19.0 Å². The number of hydrogen-bond donors (Lipinski definition) is 0. The van der Waals surface area contributed by atoms with E-state index < -0.39 is 12.0 Å². The number of fused-ring (bicyclic) bond motifs is 1. The highest BCUT2D eigenvalue weighted by atomic mass is 35.5. The standard InChI is InChI=1S/C34H32Cl2N2O5S/c1-4-5-9-16-42-27-15-13-24(19-28(27)41-3)31-30(33(40)43-20-22-10-7-6-8-11-22)21(2)37-34-38(31)32(39)29(44-34)18-23-12-14-25(35)26(36)17-23/h6-8,10-15,17-19,31H,4-5,9,16,20H2,1-3H3/b29-18-. The quantitative estimate of drug-likeness (QED) is 0.131. The number of halogens is 2. The van der Waals surface area contributed by atoms with Crippen LogP contribution < -0.4 is 24.4 Å². The molecule has 2 heterocycles. The zero-order valence-corrected chi connectivity index (χ0v) is 27.0. The lowest BCUT2D eigenvalue weighted by Crippen LogP contribution is -2.39. The molecule has 0 aliphatic carbocycles. The molecular formula is C34H32Cl2N2O5S. The molecule has 0 radical (unpaired) electrons. The van der Waals surface area contributed by atoms with Crippen LogP contribution in [-0.2, 0) is 16.1 Å². The van der Waals surface area contributed by atoms with Gasteiger partial charge in [-0.05, 0) is 60.4 Å². The van der Waals surface area contributed by atoms with Gasteiger partial charge in [-0.3, -0.25) is 9.36 Å². The minimum absolute atomic E-state index is 0.0821. The Morgan fingerprint density at radius 2 is 1.82 bits per heavy atom. The number of carbonyl (C=O) groups excluding carboxylic acids is 1. The van der Waals surface area contributed by atoms with Crippen molar-refractivity contribution in [1.29, 1.82) is 0 Å². The predicted molar refractivity (Wildman–Crippen MR) is 174 cm³/mol. The Morgan fingerprint density at radius 3 is 2.55 bits per heavy atom. The fraction of sp³-hybridized carbons (Fsp3) is 0.265. The number of carbonyl (C=O) groups is 1. The van der Waals surface area contributed by atoms with E-state index in [0.29, 0.717) is 54.3 Å². The van der Waals surface area contributed by atoms with Crippen LogP contribution in [0.15, 0.2) is 87.8 Å². The maximum absolute atomic E-state index is 14.0. The number of rotatable bonds is 11. The number of methoxy groups -OCH3 is 1. The van der Waals surface area contributed by atoms with Crippen LogP contribution in [-0.4, -0.2) is 24.3 Å². The number of unbranched alkanes of at least 4 members (excludes halogenated alkanes) is 2. The van der Waals surface area contributed by atoms with Crippen molar-refractivity contribution in [2.24, 2.45) is 4.99 Å². The summed E-state index contributed by atoms with van der Waals surface area (Å²) in [6, 6.07) is 19.2. The van der Waals surface area contributed by atoms with Crippen LogP contribution in [0.3, 0.4) is 0 Å². The van der Waals surface area contributed by atoms with Crippen LogP contribution in [0, 0.1) is 0 Å². The zero-order chi connectivity index (χ0) is 31.2. The molecule has 0 saturated carbocycles. The van der Waals surface area contributed by atoms with Gasteiger partial charge in [0, 0.05) is 0 Å². The van der Waals surface area contributed by atoms with Crippen LogP contribution in [0.4, 0.5) is 0 Å². The minimum Gasteiger partial charge on any atom is -0.493 e. The third kappa shape index (κ3) is 6.93. The molecule has 4 aromatic rings. The summed E-state index contributed by atoms with van der Waals surface area (Å²) in [5, 5.41) is 0.806. The van der Waals surface area contributed by atoms with Gasteiger partial charge in [-0.15, -0.1) is 0 Å². The Bertz CT molecular complexity index is 1880. The molecule has 3 aromatic carbocycles. The molecule has 228 valence electrons. The van der Waals surface area contributed by atoms with E-state index in [4.69, 9.17) is 37.4 Å². The van der Waals surface area contributed by atoms with Crippen LogP contribution in [0.1, 0.15) is 55.8 Å². The van der Waals surface area contributed by atoms with Gasteiger partial charge in [0.2, 0.25) is 0 Å². The molecule has 0 saturated heterocycles. The zero-order valence-electron chi connectivity index (χ0n) is 24.6. The average molecular weight is 652 g/mol. The molecule has 7 nitrogen and oxygen atoms in total. The summed E-state index contributed by atoms with van der Waals surface area (Å²) in [6.07, 6.45) is 4.82. The molecule has 0 bridgehead atoms. The van der Waals surface area contributed by atoms with Gasteiger partial charge in [-0.25, -0.2) is 9.79 Å². The van der Waals surface area contributed by atoms with E-state index in [0.717, 1.165) is 24.8 Å². The SMILES string of the molecule is CCCCCOc1ccc(C2C(C(=O)OCc3ccccc3)=C(C)N=c3s/c(=C\c4ccc(Cl)c(Cl)c4)c(=O)n32)cc1OC. The highest BCUT2D eigenvalue weighted by molar-refractivity contribution is 7.07. The molecule has 1 aliphatic heterocycles. The molecule has 10 heteroatoms. The second kappa shape index (κ2) is 14.3. The highest BCUT2D eigenvalue weighted by Gasteiger charge is 2.34. The first-order valence-corrected chi connectivity index (χ1v) is 15.9. The summed E-state index contributed by atoms with van der Waals surface area (Å²) in [4.78, 5) is 32.9. The van der Waals surface area contributed by atoms with Gasteiger partial charge in [-0.2, -0.15) is 0 Å². The van der Waals surface area contributed by atoms with Crippen LogP contribution in [0.5, 0.6) is 11.5 Å². The van der Waals surface area contributed by atoms with E-state index in [9.17, 15) is 9.59 Å². The topological polar surface area (TPSA) is 79.1 Å². The molecule has 44 heavy (non-hydrogen) atoms. The van der Waals surface area contributed by atoms with Gasteiger partial charge in [-0.1, -0.05) is 96.8 Å². The fourth-order valence-electron chi connectivity index (χ4n) is 4.96. The van der Waals surface area contributed by atoms with Gasteiger partial charge in [0.25, 0.3) is 5.56 Å². The molecule has 1 unspecified atom stereocenters. The maximum atomic E-state index is 14.0. The van der Waals surface area contributed by atoms with Crippen molar-refractivity contribution in [3.8, 4) is 11.5 Å². The number of aromatic nitrogens is 1. The normalized spacial score (nSPS) is 14.7. The second-order valence-corrected chi connectivity index (χ2v) is 12.1. The largest absolute Gasteiger partial charge is 0.493 e. The number of hydrogen-bond acceptors (Lipinski definition) is 7. The smallest absolute Gasteiger partial charge is 0.338 e. The third-order valence-corrected chi connectivity index (χ3v) is 8.93. The number of allylic oxidation sites excluding steroid dienone is 1. The van der Waals surface area contributed by atoms with Crippen LogP contribution >= 0.6 is 34.5 Å². The van der Waals surface area contributed by atoms with Gasteiger partial charge in [0.1, 0.15) is 6.61 Å². The molecule has 0 fully saturated rings. The van der Waals surface area contributed by atoms with Crippen molar-refractivity contribution in [3.63, 3.8) is 0 Å². The Labute approximate surface area is 269 Å². The van der Waals surface area contributed by atoms with Gasteiger partial charge < -0.3 is 14.2 Å². The molecule has 0 spiro atoms. The second-order valence-electron chi connectivity index (χ2n) is 10.3. The Balaban J connectivity index is 1.60. The fourth-order valence-corrected chi connectivity index (χ4v) is 6.31. The van der Waals surface area contributed by atoms with Crippen molar-refractivity contribution >= 4 is 46.6 Å². The molecule has 1 aromatic heterocycles. The van der Waals surface area contributed by atoms with Crippen molar-refractivity contribution in [1.82, 2.24) is 4.57 Å². The third-order valence-electron chi connectivity index (χ3n) is 7.20. The predicted octanol–water partition coefficient (Wildman–Crippen LogP) is 6.86. The minimum atomic E-state index is -0.812. The van der Waals surface area contributed by atoms with Crippen molar-refractivity contribution in [3.05, 3.63) is 124 Å². The van der Waals surface area contributed by atoms with E-state index in [1.807, 2.05) is 42.5 Å². The summed E-state index contributed by atoms with van der Waals surface area (Å²) in [6.45, 7) is 4.53. The number of esters is 1. The Hall–Kier alpha value is -3.85. The number of nitrogens with zero attached hydrogens (tertiary/aromatic N) is 2. The number of benzene rings is 3. The molecule has 5 rings (SSSR count). The van der Waals surface area contributed by atoms with Gasteiger partial charge >= 0.3 is 5.97 Å². The lowest BCUT2D eigenvalue weighted by atomic mass is 9.95. The van der Waals surface area contributed by atoms with E-state index in [-0.39, 0.29) is 17.7 Å². The molecule has 0 amide bonds. The molecule has 1 aliphatic rings. The summed E-state index contributed by atoms with van der Waals surface area (Å²) in [7, 11) is 1.57. The first-order chi connectivity index (χ1) is 21.3. The average Bonchev–Trinajstić information content (AvgIpc) is 3.33. The van der Waals surface area contributed by atoms with E-state index in [1.165, 1.54) is 15.9 Å². The van der Waals surface area contributed by atoms with Crippen molar-refractivity contribution in [2.45, 2.75) is 45.8 Å². The summed E-state index contributed by atoms with van der Waals surface area (Å²) in [5.41, 5.74) is 2.66. The number of ether oxygens (including phenoxy) is 3. The Kier molecular flexibility index (Phi) is 10.3. The van der Waals surface area contributed by atoms with Gasteiger partial charge in [0.05, 0.1) is 45.6 Å². The number of thiazole rings is 1. The van der Waals surface area contributed by atoms with E-state index in [1.54, 1.807) is 44.4 Å². The lowest BCUT2D eigenvalue weighted by Gasteiger charge is -2.25. The summed E-state index contributed by atoms with van der Waals surface area (Å²) < 4.78 is 19.4. The molecule has 1 atom stereocenters. The summed E-state index contributed by atoms with van der Waals surface area (Å²) in [5.74, 6) is 0.537. The molecule has 0 N–H and O–H groups in total. The van der Waals surface area contributed by atoms with Gasteiger partial charge in [0.15, 0.2) is 16.3 Å². The van der Waals surface area contributed by atoms with Crippen LogP contribution in [0.2, 0.25) is 10.0 Å². The molecular weight excluding hydrogens is 619 g/mol. The summed E-state index contributed by atoms with van der Waals surface area (Å²) >= 11 is 13.6. The van der Waals surface area contributed by atoms with E-state index >= 15 is 0 Å². The highest BCUT2D eigenvalue weighted by Crippen LogP contribution is 2.36. The Morgan fingerprint density at radius 1 is 1.02 bits per heavy atom. The lowest BCUT2D eigenvalue weighted by molar-refractivity contribution is -0.140. The first-order valence-electron chi connectivity index (χ1n) is 14.3. The van der Waals surface area contributed by atoms with Crippen molar-refractivity contribution in [2.75, 3.05) is 13.7 Å². The van der Waals surface area contributed by atoms with E-state index in [2.05, 4.69) is 11.9 Å². The first kappa shape index (κ1) is 31.6. The maximum Gasteiger partial charge on any atom is 0.338 e. The monoisotopic (exact) mass is 650 g/mol.